The van der Waals surface area contributed by atoms with Gasteiger partial charge in [-0.3, -0.25) is 4.79 Å². The summed E-state index contributed by atoms with van der Waals surface area (Å²) in [6, 6.07) is 7.49. The van der Waals surface area contributed by atoms with Crippen molar-refractivity contribution in [1.29, 1.82) is 0 Å². The molecule has 1 amide bonds. The summed E-state index contributed by atoms with van der Waals surface area (Å²) in [5.41, 5.74) is 2.80. The minimum atomic E-state index is -0.772. The molecule has 126 valence electrons. The number of esters is 1. The van der Waals surface area contributed by atoms with E-state index in [1.54, 1.807) is 22.9 Å². The van der Waals surface area contributed by atoms with Crippen LogP contribution in [0.15, 0.2) is 35.2 Å². The van der Waals surface area contributed by atoms with Gasteiger partial charge in [-0.1, -0.05) is 12.1 Å². The monoisotopic (exact) mass is 346 g/mol. The molecule has 1 fully saturated rings. The van der Waals surface area contributed by atoms with Crippen molar-refractivity contribution in [2.24, 2.45) is 0 Å². The van der Waals surface area contributed by atoms with Crippen molar-refractivity contribution in [3.8, 4) is 5.75 Å². The van der Waals surface area contributed by atoms with Crippen LogP contribution in [0.25, 0.3) is 0 Å². The molecule has 7 heteroatoms. The summed E-state index contributed by atoms with van der Waals surface area (Å²) in [5.74, 6) is 0.0422. The second-order valence-corrected chi connectivity index (χ2v) is 6.14. The van der Waals surface area contributed by atoms with Crippen molar-refractivity contribution >= 4 is 23.2 Å². The highest BCUT2D eigenvalue weighted by molar-refractivity contribution is 7.07. The van der Waals surface area contributed by atoms with Crippen LogP contribution in [0.5, 0.6) is 5.75 Å². The lowest BCUT2D eigenvalue weighted by atomic mass is 10.0. The first-order valence-corrected chi connectivity index (χ1v) is 8.62. The zero-order valence-electron chi connectivity index (χ0n) is 13.5. The molecule has 24 heavy (non-hydrogen) atoms. The zero-order chi connectivity index (χ0) is 17.1. The molecule has 1 saturated heterocycles. The molecule has 2 aromatic rings. The van der Waals surface area contributed by atoms with E-state index in [2.05, 4.69) is 4.98 Å². The number of likely N-dealkylation sites (tertiary alicyclic amines) is 1. The van der Waals surface area contributed by atoms with Crippen molar-refractivity contribution in [2.75, 3.05) is 13.7 Å². The van der Waals surface area contributed by atoms with E-state index in [-0.39, 0.29) is 17.6 Å². The van der Waals surface area contributed by atoms with Gasteiger partial charge < -0.3 is 14.4 Å². The fourth-order valence-corrected chi connectivity index (χ4v) is 3.41. The molecule has 0 radical (unpaired) electrons. The molecule has 1 aromatic heterocycles. The molecule has 0 bridgehead atoms. The summed E-state index contributed by atoms with van der Waals surface area (Å²) in [6.45, 7) is 2.47. The number of amides is 1. The van der Waals surface area contributed by atoms with E-state index in [1.165, 1.54) is 11.3 Å². The number of aromatic nitrogens is 1. The van der Waals surface area contributed by atoms with Crippen LogP contribution in [0.4, 0.5) is 0 Å². The van der Waals surface area contributed by atoms with Crippen LogP contribution >= 0.6 is 11.3 Å². The van der Waals surface area contributed by atoms with Gasteiger partial charge in [0, 0.05) is 18.3 Å². The summed E-state index contributed by atoms with van der Waals surface area (Å²) in [6.07, 6.45) is -0.333. The van der Waals surface area contributed by atoms with Crippen molar-refractivity contribution in [1.82, 2.24) is 9.88 Å². The van der Waals surface area contributed by atoms with Gasteiger partial charge in [0.15, 0.2) is 11.8 Å². The van der Waals surface area contributed by atoms with Gasteiger partial charge in [0.1, 0.15) is 5.75 Å². The molecule has 0 aliphatic carbocycles. The van der Waals surface area contributed by atoms with Gasteiger partial charge in [-0.15, -0.1) is 11.3 Å². The lowest BCUT2D eigenvalue weighted by Gasteiger charge is -2.23. The Morgan fingerprint density at radius 1 is 1.38 bits per heavy atom. The number of thiazole rings is 1. The Kier molecular flexibility index (Phi) is 4.80. The Morgan fingerprint density at radius 2 is 2.12 bits per heavy atom. The zero-order valence-corrected chi connectivity index (χ0v) is 14.3. The number of carbonyl (C=O) groups is 2. The smallest absolute Gasteiger partial charge is 0.358 e. The Balaban J connectivity index is 1.76. The standard InChI is InChI=1S/C17H18N2O4S/c1-3-19-14(11-4-6-12(22-2)7-5-11)8-15(16(19)20)23-17(21)13-9-24-10-18-13/h4-7,9-10,14-15H,3,8H2,1-2H3/t14-,15-/m0/s1. The van der Waals surface area contributed by atoms with Gasteiger partial charge in [-0.05, 0) is 24.6 Å². The molecule has 3 rings (SSSR count). The van der Waals surface area contributed by atoms with Crippen LogP contribution in [-0.2, 0) is 9.53 Å². The first kappa shape index (κ1) is 16.4. The number of likely N-dealkylation sites (N-methyl/N-ethyl adjacent to an activating group) is 1. The molecule has 0 N–H and O–H groups in total. The molecule has 2 atom stereocenters. The predicted octanol–water partition coefficient (Wildman–Crippen LogP) is 2.67. The Morgan fingerprint density at radius 3 is 2.71 bits per heavy atom. The van der Waals surface area contributed by atoms with Crippen molar-refractivity contribution in [3.63, 3.8) is 0 Å². The minimum absolute atomic E-state index is 0.110. The third kappa shape index (κ3) is 3.12. The number of rotatable bonds is 5. The van der Waals surface area contributed by atoms with E-state index >= 15 is 0 Å². The Hall–Kier alpha value is -2.41. The molecule has 1 aromatic carbocycles. The van der Waals surface area contributed by atoms with Crippen LogP contribution in [0.1, 0.15) is 35.4 Å². The first-order chi connectivity index (χ1) is 11.6. The van der Waals surface area contributed by atoms with Crippen LogP contribution in [0, 0.1) is 0 Å². The number of hydrogen-bond donors (Lipinski definition) is 0. The topological polar surface area (TPSA) is 68.7 Å². The van der Waals surface area contributed by atoms with E-state index in [9.17, 15) is 9.59 Å². The van der Waals surface area contributed by atoms with Gasteiger partial charge >= 0.3 is 5.97 Å². The maximum atomic E-state index is 12.6. The molecular formula is C17H18N2O4S. The molecule has 1 aliphatic heterocycles. The van der Waals surface area contributed by atoms with Crippen LogP contribution < -0.4 is 4.74 Å². The molecule has 0 saturated carbocycles. The predicted molar refractivity (Wildman–Crippen MR) is 89.1 cm³/mol. The van der Waals surface area contributed by atoms with E-state index in [0.29, 0.717) is 13.0 Å². The number of carbonyl (C=O) groups excluding carboxylic acids is 2. The second-order valence-electron chi connectivity index (χ2n) is 5.42. The van der Waals surface area contributed by atoms with E-state index in [1.807, 2.05) is 31.2 Å². The summed E-state index contributed by atoms with van der Waals surface area (Å²) < 4.78 is 10.6. The highest BCUT2D eigenvalue weighted by atomic mass is 32.1. The van der Waals surface area contributed by atoms with Crippen LogP contribution in [0.2, 0.25) is 0 Å². The summed E-state index contributed by atoms with van der Waals surface area (Å²) in [7, 11) is 1.61. The number of methoxy groups -OCH3 is 1. The quantitative estimate of drug-likeness (QED) is 0.779. The highest BCUT2D eigenvalue weighted by Crippen LogP contribution is 2.35. The third-order valence-electron chi connectivity index (χ3n) is 4.10. The fourth-order valence-electron chi connectivity index (χ4n) is 2.89. The molecule has 0 unspecified atom stereocenters. The summed E-state index contributed by atoms with van der Waals surface area (Å²) in [5, 5.41) is 1.61. The molecule has 6 nitrogen and oxygen atoms in total. The summed E-state index contributed by atoms with van der Waals surface area (Å²) in [4.78, 5) is 30.3. The van der Waals surface area contributed by atoms with Gasteiger partial charge in [0.05, 0.1) is 18.7 Å². The van der Waals surface area contributed by atoms with Gasteiger partial charge in [-0.25, -0.2) is 9.78 Å². The van der Waals surface area contributed by atoms with E-state index in [4.69, 9.17) is 9.47 Å². The third-order valence-corrected chi connectivity index (χ3v) is 4.69. The minimum Gasteiger partial charge on any atom is -0.497 e. The van der Waals surface area contributed by atoms with Crippen molar-refractivity contribution < 1.29 is 19.1 Å². The second kappa shape index (κ2) is 7.00. The number of nitrogens with zero attached hydrogens (tertiary/aromatic N) is 2. The van der Waals surface area contributed by atoms with Crippen molar-refractivity contribution in [2.45, 2.75) is 25.5 Å². The Labute approximate surface area is 144 Å². The SMILES string of the molecule is CCN1C(=O)[C@@H](OC(=O)c2cscn2)C[C@H]1c1ccc(OC)cc1. The number of hydrogen-bond acceptors (Lipinski definition) is 6. The van der Waals surface area contributed by atoms with Gasteiger partial charge in [0.2, 0.25) is 0 Å². The van der Waals surface area contributed by atoms with Gasteiger partial charge in [0.25, 0.3) is 5.91 Å². The lowest BCUT2D eigenvalue weighted by Crippen LogP contribution is -2.32. The molecular weight excluding hydrogens is 328 g/mol. The van der Waals surface area contributed by atoms with Crippen molar-refractivity contribution in [3.05, 3.63) is 46.4 Å². The fraction of sp³-hybridized carbons (Fsp3) is 0.353. The number of ether oxygens (including phenoxy) is 2. The van der Waals surface area contributed by atoms with Crippen LogP contribution in [-0.4, -0.2) is 41.5 Å². The highest BCUT2D eigenvalue weighted by Gasteiger charge is 2.42. The average Bonchev–Trinajstić information content (AvgIpc) is 3.24. The van der Waals surface area contributed by atoms with Crippen LogP contribution in [0.3, 0.4) is 0 Å². The molecule has 0 spiro atoms. The maximum Gasteiger partial charge on any atom is 0.358 e. The first-order valence-electron chi connectivity index (χ1n) is 7.67. The molecule has 2 heterocycles. The average molecular weight is 346 g/mol. The Bertz CT molecular complexity index is 715. The molecule has 1 aliphatic rings. The van der Waals surface area contributed by atoms with E-state index < -0.39 is 12.1 Å². The largest absolute Gasteiger partial charge is 0.497 e. The lowest BCUT2D eigenvalue weighted by molar-refractivity contribution is -0.135. The summed E-state index contributed by atoms with van der Waals surface area (Å²) >= 11 is 1.31. The maximum absolute atomic E-state index is 12.6. The number of benzene rings is 1. The normalized spacial score (nSPS) is 20.2. The van der Waals surface area contributed by atoms with Gasteiger partial charge in [-0.2, -0.15) is 0 Å². The van der Waals surface area contributed by atoms with E-state index in [0.717, 1.165) is 11.3 Å².